The average molecular weight is 244 g/mol. The van der Waals surface area contributed by atoms with Crippen LogP contribution in [0.5, 0.6) is 5.75 Å². The van der Waals surface area contributed by atoms with Crippen LogP contribution in [0, 0.1) is 0 Å². The van der Waals surface area contributed by atoms with Crippen LogP contribution in [0.2, 0.25) is 0 Å². The highest BCUT2D eigenvalue weighted by Crippen LogP contribution is 2.28. The third-order valence-electron chi connectivity index (χ3n) is 3.39. The van der Waals surface area contributed by atoms with Crippen molar-refractivity contribution in [2.75, 3.05) is 7.11 Å². The van der Waals surface area contributed by atoms with E-state index in [1.165, 1.54) is 16.3 Å². The van der Waals surface area contributed by atoms with E-state index in [9.17, 15) is 5.11 Å². The smallest absolute Gasteiger partial charge is 0.119 e. The molecule has 2 nitrogen and oxygen atoms in total. The van der Waals surface area contributed by atoms with Crippen LogP contribution in [-0.4, -0.2) is 12.2 Å². The Balaban J connectivity index is 2.58. The van der Waals surface area contributed by atoms with Crippen molar-refractivity contribution in [2.24, 2.45) is 0 Å². The molecule has 96 valence electrons. The minimum atomic E-state index is 0.103. The van der Waals surface area contributed by atoms with Crippen molar-refractivity contribution in [3.05, 3.63) is 41.5 Å². The molecule has 18 heavy (non-hydrogen) atoms. The number of methoxy groups -OCH3 is 1. The van der Waals surface area contributed by atoms with E-state index in [0.29, 0.717) is 0 Å². The maximum Gasteiger partial charge on any atom is 0.119 e. The summed E-state index contributed by atoms with van der Waals surface area (Å²) in [4.78, 5) is 0. The molecule has 0 unspecified atom stereocenters. The molecule has 0 heterocycles. The normalized spacial score (nSPS) is 10.8. The number of hydrogen-bond acceptors (Lipinski definition) is 2. The maximum absolute atomic E-state index is 9.47. The average Bonchev–Trinajstić information content (AvgIpc) is 2.43. The van der Waals surface area contributed by atoms with E-state index in [4.69, 9.17) is 4.74 Å². The summed E-state index contributed by atoms with van der Waals surface area (Å²) in [5.74, 6) is 0.871. The first-order valence-electron chi connectivity index (χ1n) is 6.49. The molecule has 0 aliphatic carbocycles. The number of aliphatic hydroxyl groups excluding tert-OH is 1. The number of ether oxygens (including phenoxy) is 1. The van der Waals surface area contributed by atoms with Crippen LogP contribution in [-0.2, 0) is 13.0 Å². The third kappa shape index (κ3) is 2.49. The lowest BCUT2D eigenvalue weighted by Crippen LogP contribution is -1.96. The molecule has 2 heteroatoms. The number of fused-ring (bicyclic) bond motifs is 1. The van der Waals surface area contributed by atoms with Crippen LogP contribution in [0.15, 0.2) is 30.3 Å². The molecule has 0 aromatic heterocycles. The van der Waals surface area contributed by atoms with E-state index in [1.807, 2.05) is 12.1 Å². The van der Waals surface area contributed by atoms with Gasteiger partial charge in [-0.15, -0.1) is 0 Å². The summed E-state index contributed by atoms with van der Waals surface area (Å²) >= 11 is 0. The first-order valence-corrected chi connectivity index (χ1v) is 6.49. The minimum absolute atomic E-state index is 0.103. The second-order valence-corrected chi connectivity index (χ2v) is 4.55. The Hall–Kier alpha value is -1.54. The fourth-order valence-corrected chi connectivity index (χ4v) is 2.33. The zero-order chi connectivity index (χ0) is 13.0. The molecule has 2 rings (SSSR count). The molecule has 0 spiro atoms. The van der Waals surface area contributed by atoms with Crippen molar-refractivity contribution < 1.29 is 9.84 Å². The van der Waals surface area contributed by atoms with Gasteiger partial charge in [-0.05, 0) is 46.9 Å². The zero-order valence-electron chi connectivity index (χ0n) is 11.1. The van der Waals surface area contributed by atoms with E-state index in [1.54, 1.807) is 7.11 Å². The van der Waals surface area contributed by atoms with Gasteiger partial charge in [-0.25, -0.2) is 0 Å². The van der Waals surface area contributed by atoms with Gasteiger partial charge in [-0.1, -0.05) is 31.5 Å². The van der Waals surface area contributed by atoms with E-state index in [2.05, 4.69) is 25.1 Å². The molecule has 0 radical (unpaired) electrons. The molecule has 0 fully saturated rings. The summed E-state index contributed by atoms with van der Waals surface area (Å²) in [7, 11) is 1.68. The summed E-state index contributed by atoms with van der Waals surface area (Å²) < 4.78 is 5.29. The Morgan fingerprint density at radius 1 is 1.17 bits per heavy atom. The van der Waals surface area contributed by atoms with Crippen LogP contribution >= 0.6 is 0 Å². The fraction of sp³-hybridized carbons (Fsp3) is 0.375. The van der Waals surface area contributed by atoms with Gasteiger partial charge in [0.2, 0.25) is 0 Å². The van der Waals surface area contributed by atoms with Gasteiger partial charge in [-0.3, -0.25) is 0 Å². The van der Waals surface area contributed by atoms with Crippen LogP contribution in [0.1, 0.15) is 30.9 Å². The predicted molar refractivity (Wildman–Crippen MR) is 75.0 cm³/mol. The first kappa shape index (κ1) is 12.9. The number of aliphatic hydroxyl groups is 1. The van der Waals surface area contributed by atoms with Gasteiger partial charge in [0, 0.05) is 0 Å². The van der Waals surface area contributed by atoms with E-state index in [0.717, 1.165) is 30.6 Å². The summed E-state index contributed by atoms with van der Waals surface area (Å²) in [5, 5.41) is 11.9. The van der Waals surface area contributed by atoms with Crippen molar-refractivity contribution in [1.82, 2.24) is 0 Å². The molecule has 0 saturated carbocycles. The highest BCUT2D eigenvalue weighted by Gasteiger charge is 2.07. The Labute approximate surface area is 108 Å². The molecule has 0 aliphatic rings. The van der Waals surface area contributed by atoms with E-state index in [-0.39, 0.29) is 6.61 Å². The molecule has 0 atom stereocenters. The second-order valence-electron chi connectivity index (χ2n) is 4.55. The second kappa shape index (κ2) is 5.87. The Morgan fingerprint density at radius 3 is 2.61 bits per heavy atom. The molecule has 0 aliphatic heterocycles. The van der Waals surface area contributed by atoms with Gasteiger partial charge in [0.25, 0.3) is 0 Å². The monoisotopic (exact) mass is 244 g/mol. The Bertz CT molecular complexity index is 527. The quantitative estimate of drug-likeness (QED) is 0.869. The van der Waals surface area contributed by atoms with Crippen molar-refractivity contribution in [2.45, 2.75) is 32.8 Å². The fourth-order valence-electron chi connectivity index (χ4n) is 2.33. The molecule has 1 N–H and O–H groups in total. The van der Waals surface area contributed by atoms with Crippen LogP contribution < -0.4 is 4.74 Å². The number of hydrogen-bond donors (Lipinski definition) is 1. The maximum atomic E-state index is 9.47. The Morgan fingerprint density at radius 2 is 1.94 bits per heavy atom. The van der Waals surface area contributed by atoms with Crippen molar-refractivity contribution >= 4 is 10.8 Å². The van der Waals surface area contributed by atoms with Gasteiger partial charge in [0.1, 0.15) is 5.75 Å². The minimum Gasteiger partial charge on any atom is -0.497 e. The van der Waals surface area contributed by atoms with Gasteiger partial charge < -0.3 is 9.84 Å². The molecule has 2 aromatic carbocycles. The number of rotatable bonds is 5. The van der Waals surface area contributed by atoms with Gasteiger partial charge in [0.05, 0.1) is 13.7 Å². The number of aryl methyl sites for hydroxylation is 1. The van der Waals surface area contributed by atoms with Crippen LogP contribution in [0.4, 0.5) is 0 Å². The van der Waals surface area contributed by atoms with Crippen LogP contribution in [0.3, 0.4) is 0 Å². The molecule has 2 aromatic rings. The van der Waals surface area contributed by atoms with Gasteiger partial charge in [0.15, 0.2) is 0 Å². The molecular weight excluding hydrogens is 224 g/mol. The SMILES string of the molecule is CCCCc1c(CO)ccc2ccc(OC)cc12. The Kier molecular flexibility index (Phi) is 4.21. The van der Waals surface area contributed by atoms with E-state index >= 15 is 0 Å². The lowest BCUT2D eigenvalue weighted by Gasteiger charge is -2.12. The van der Waals surface area contributed by atoms with Crippen molar-refractivity contribution in [3.8, 4) is 5.75 Å². The van der Waals surface area contributed by atoms with E-state index < -0.39 is 0 Å². The topological polar surface area (TPSA) is 29.5 Å². The van der Waals surface area contributed by atoms with Gasteiger partial charge in [-0.2, -0.15) is 0 Å². The van der Waals surface area contributed by atoms with Crippen LogP contribution in [0.25, 0.3) is 10.8 Å². The number of benzene rings is 2. The van der Waals surface area contributed by atoms with Gasteiger partial charge >= 0.3 is 0 Å². The third-order valence-corrected chi connectivity index (χ3v) is 3.39. The predicted octanol–water partition coefficient (Wildman–Crippen LogP) is 3.68. The van der Waals surface area contributed by atoms with Crippen molar-refractivity contribution in [3.63, 3.8) is 0 Å². The largest absolute Gasteiger partial charge is 0.497 e. The summed E-state index contributed by atoms with van der Waals surface area (Å²) in [5.41, 5.74) is 2.29. The molecular formula is C16H20O2. The number of unbranched alkanes of at least 4 members (excludes halogenated alkanes) is 1. The van der Waals surface area contributed by atoms with Crippen molar-refractivity contribution in [1.29, 1.82) is 0 Å². The first-order chi connectivity index (χ1) is 8.80. The lowest BCUT2D eigenvalue weighted by atomic mass is 9.95. The lowest BCUT2D eigenvalue weighted by molar-refractivity contribution is 0.280. The highest BCUT2D eigenvalue weighted by molar-refractivity contribution is 5.88. The summed E-state index contributed by atoms with van der Waals surface area (Å²) in [6.45, 7) is 2.29. The highest BCUT2D eigenvalue weighted by atomic mass is 16.5. The summed E-state index contributed by atoms with van der Waals surface area (Å²) in [6.07, 6.45) is 3.31. The standard InChI is InChI=1S/C16H20O2/c1-3-4-5-15-13(11-17)7-6-12-8-9-14(18-2)10-16(12)15/h6-10,17H,3-5,11H2,1-2H3. The zero-order valence-corrected chi connectivity index (χ0v) is 11.1. The molecule has 0 amide bonds. The molecule has 0 saturated heterocycles. The molecule has 0 bridgehead atoms. The summed E-state index contributed by atoms with van der Waals surface area (Å²) in [6, 6.07) is 10.2.